The van der Waals surface area contributed by atoms with Gasteiger partial charge in [-0.1, -0.05) is 0 Å². The van der Waals surface area contributed by atoms with Crippen molar-refractivity contribution in [3.8, 4) is 5.75 Å². The predicted molar refractivity (Wildman–Crippen MR) is 83.0 cm³/mol. The van der Waals surface area contributed by atoms with Gasteiger partial charge in [0.2, 0.25) is 0 Å². The van der Waals surface area contributed by atoms with Crippen molar-refractivity contribution in [1.82, 2.24) is 0 Å². The Bertz CT molecular complexity index is 761. The molecule has 0 aliphatic heterocycles. The number of thiophene rings is 1. The molecular weight excluding hydrogens is 306 g/mol. The van der Waals surface area contributed by atoms with Gasteiger partial charge in [0, 0.05) is 0 Å². The Morgan fingerprint density at radius 2 is 1.86 bits per heavy atom. The van der Waals surface area contributed by atoms with Crippen LogP contribution in [0.2, 0.25) is 0 Å². The smallest absolute Gasteiger partial charge is 0.348 e. The van der Waals surface area contributed by atoms with Gasteiger partial charge in [-0.25, -0.2) is 9.59 Å². The van der Waals surface area contributed by atoms with Crippen molar-refractivity contribution in [2.24, 2.45) is 0 Å². The maximum atomic E-state index is 11.3. The summed E-state index contributed by atoms with van der Waals surface area (Å²) in [5, 5.41) is 18.9. The number of hydrogen-bond donors (Lipinski definition) is 3. The van der Waals surface area contributed by atoms with E-state index in [2.05, 4.69) is 0 Å². The quantitative estimate of drug-likeness (QED) is 0.797. The fourth-order valence-electron chi connectivity index (χ4n) is 2.81. The summed E-state index contributed by atoms with van der Waals surface area (Å²) < 4.78 is 6.28. The number of rotatable bonds is 4. The summed E-state index contributed by atoms with van der Waals surface area (Å²) in [4.78, 5) is 22.6. The highest BCUT2D eigenvalue weighted by Crippen LogP contribution is 2.42. The van der Waals surface area contributed by atoms with Gasteiger partial charge in [-0.2, -0.15) is 0 Å². The first-order valence-electron chi connectivity index (χ1n) is 6.97. The average molecular weight is 321 g/mol. The largest absolute Gasteiger partial charge is 0.490 e. The van der Waals surface area contributed by atoms with E-state index in [0.29, 0.717) is 15.8 Å². The third-order valence-electron chi connectivity index (χ3n) is 3.86. The zero-order chi connectivity index (χ0) is 15.9. The summed E-state index contributed by atoms with van der Waals surface area (Å²) in [5.74, 6) is -1.81. The monoisotopic (exact) mass is 321 g/mol. The molecule has 3 rings (SSSR count). The minimum Gasteiger partial charge on any atom is -0.490 e. The van der Waals surface area contributed by atoms with E-state index in [1.165, 1.54) is 6.07 Å². The Hall–Kier alpha value is -2.28. The van der Waals surface area contributed by atoms with Gasteiger partial charge >= 0.3 is 11.9 Å². The topological polar surface area (TPSA) is 110 Å². The minimum atomic E-state index is -1.16. The molecule has 1 fully saturated rings. The van der Waals surface area contributed by atoms with Gasteiger partial charge < -0.3 is 20.7 Å². The summed E-state index contributed by atoms with van der Waals surface area (Å²) in [6, 6.07) is 3.01. The number of nitrogen functional groups attached to an aromatic ring is 1. The first kappa shape index (κ1) is 14.6. The zero-order valence-electron chi connectivity index (χ0n) is 11.7. The highest BCUT2D eigenvalue weighted by molar-refractivity contribution is 7.22. The van der Waals surface area contributed by atoms with Crippen LogP contribution in [0.5, 0.6) is 5.75 Å². The number of nitrogens with two attached hydrogens (primary N) is 1. The molecule has 0 radical (unpaired) electrons. The van der Waals surface area contributed by atoms with Crippen molar-refractivity contribution in [1.29, 1.82) is 0 Å². The van der Waals surface area contributed by atoms with Crippen molar-refractivity contribution < 1.29 is 24.5 Å². The van der Waals surface area contributed by atoms with Crippen LogP contribution >= 0.6 is 11.3 Å². The molecule has 2 aromatic rings. The van der Waals surface area contributed by atoms with Crippen molar-refractivity contribution in [2.45, 2.75) is 31.8 Å². The lowest BCUT2D eigenvalue weighted by atomic mass is 10.1. The van der Waals surface area contributed by atoms with Crippen LogP contribution in [0.4, 0.5) is 5.69 Å². The number of benzene rings is 1. The number of anilines is 1. The standard InChI is InChI=1S/C15H15NO5S/c16-11-10-9(21-7-3-1-2-4-7)6-5-8(14(17)18)12(10)22-13(11)15(19)20/h5-7H,1-4,16H2,(H,17,18)(H,19,20). The number of ether oxygens (including phenoxy) is 1. The van der Waals surface area contributed by atoms with E-state index < -0.39 is 11.9 Å². The number of carboxylic acid groups (broad SMARTS) is 2. The molecule has 0 atom stereocenters. The van der Waals surface area contributed by atoms with Crippen LogP contribution < -0.4 is 10.5 Å². The molecule has 1 heterocycles. The molecular formula is C15H15NO5S. The summed E-state index contributed by atoms with van der Waals surface area (Å²) in [6.45, 7) is 0. The van der Waals surface area contributed by atoms with Gasteiger partial charge in [-0.3, -0.25) is 0 Å². The van der Waals surface area contributed by atoms with E-state index >= 15 is 0 Å². The zero-order valence-corrected chi connectivity index (χ0v) is 12.5. The molecule has 22 heavy (non-hydrogen) atoms. The molecule has 0 saturated heterocycles. The van der Waals surface area contributed by atoms with Crippen LogP contribution in [0, 0.1) is 0 Å². The Labute approximate surface area is 130 Å². The number of hydrogen-bond acceptors (Lipinski definition) is 5. The molecule has 1 aromatic carbocycles. The molecule has 1 aliphatic rings. The van der Waals surface area contributed by atoms with Crippen LogP contribution in [0.3, 0.4) is 0 Å². The summed E-state index contributed by atoms with van der Waals surface area (Å²) in [6.07, 6.45) is 4.16. The number of carbonyl (C=O) groups is 2. The summed E-state index contributed by atoms with van der Waals surface area (Å²) in [5.41, 5.74) is 6.05. The van der Waals surface area contributed by atoms with Gasteiger partial charge in [0.1, 0.15) is 10.6 Å². The molecule has 7 heteroatoms. The van der Waals surface area contributed by atoms with Gasteiger partial charge in [0.15, 0.2) is 0 Å². The average Bonchev–Trinajstić information content (AvgIpc) is 3.07. The molecule has 0 unspecified atom stereocenters. The Balaban J connectivity index is 2.18. The molecule has 116 valence electrons. The van der Waals surface area contributed by atoms with Gasteiger partial charge in [0.25, 0.3) is 0 Å². The summed E-state index contributed by atoms with van der Waals surface area (Å²) >= 11 is 0.874. The van der Waals surface area contributed by atoms with Crippen molar-refractivity contribution >= 4 is 39.0 Å². The lowest BCUT2D eigenvalue weighted by Crippen LogP contribution is -2.11. The molecule has 1 aromatic heterocycles. The van der Waals surface area contributed by atoms with Crippen molar-refractivity contribution in [2.75, 3.05) is 5.73 Å². The first-order chi connectivity index (χ1) is 10.5. The van der Waals surface area contributed by atoms with Gasteiger partial charge in [-0.05, 0) is 37.8 Å². The maximum Gasteiger partial charge on any atom is 0.348 e. The molecule has 0 bridgehead atoms. The molecule has 0 spiro atoms. The number of fused-ring (bicyclic) bond motifs is 1. The van der Waals surface area contributed by atoms with Crippen LogP contribution in [0.25, 0.3) is 10.1 Å². The van der Waals surface area contributed by atoms with E-state index in [-0.39, 0.29) is 22.2 Å². The fraction of sp³-hybridized carbons (Fsp3) is 0.333. The second-order valence-electron chi connectivity index (χ2n) is 5.29. The van der Waals surface area contributed by atoms with Gasteiger partial charge in [0.05, 0.1) is 27.4 Å². The Kier molecular flexibility index (Phi) is 3.66. The second kappa shape index (κ2) is 5.49. The Morgan fingerprint density at radius 1 is 1.18 bits per heavy atom. The van der Waals surface area contributed by atoms with E-state index in [0.717, 1.165) is 37.0 Å². The van der Waals surface area contributed by atoms with E-state index in [9.17, 15) is 19.8 Å². The maximum absolute atomic E-state index is 11.3. The lowest BCUT2D eigenvalue weighted by Gasteiger charge is -2.15. The predicted octanol–water partition coefficient (Wildman–Crippen LogP) is 3.20. The normalized spacial score (nSPS) is 15.3. The van der Waals surface area contributed by atoms with Crippen molar-refractivity contribution in [3.05, 3.63) is 22.6 Å². The Morgan fingerprint density at radius 3 is 2.45 bits per heavy atom. The summed E-state index contributed by atoms with van der Waals surface area (Å²) in [7, 11) is 0. The SMILES string of the molecule is Nc1c(C(=O)O)sc2c(C(=O)O)ccc(OC3CCCC3)c12. The van der Waals surface area contributed by atoms with E-state index in [4.69, 9.17) is 10.5 Å². The van der Waals surface area contributed by atoms with Gasteiger partial charge in [-0.15, -0.1) is 11.3 Å². The molecule has 1 saturated carbocycles. The lowest BCUT2D eigenvalue weighted by molar-refractivity contribution is 0.0689. The highest BCUT2D eigenvalue weighted by Gasteiger charge is 2.25. The molecule has 4 N–H and O–H groups in total. The fourth-order valence-corrected chi connectivity index (χ4v) is 3.89. The van der Waals surface area contributed by atoms with E-state index in [1.54, 1.807) is 6.07 Å². The first-order valence-corrected chi connectivity index (χ1v) is 7.79. The third-order valence-corrected chi connectivity index (χ3v) is 5.08. The van der Waals surface area contributed by atoms with Crippen LogP contribution in [0.15, 0.2) is 12.1 Å². The highest BCUT2D eigenvalue weighted by atomic mass is 32.1. The molecule has 1 aliphatic carbocycles. The van der Waals surface area contributed by atoms with Crippen LogP contribution in [-0.2, 0) is 0 Å². The van der Waals surface area contributed by atoms with Crippen LogP contribution in [-0.4, -0.2) is 28.3 Å². The van der Waals surface area contributed by atoms with E-state index in [1.807, 2.05) is 0 Å². The van der Waals surface area contributed by atoms with Crippen LogP contribution in [0.1, 0.15) is 45.7 Å². The molecule has 0 amide bonds. The third kappa shape index (κ3) is 2.37. The second-order valence-corrected chi connectivity index (χ2v) is 6.32. The molecule has 6 nitrogen and oxygen atoms in total. The van der Waals surface area contributed by atoms with Crippen molar-refractivity contribution in [3.63, 3.8) is 0 Å². The number of aromatic carboxylic acids is 2. The minimum absolute atomic E-state index is 0.0398. The number of carboxylic acids is 2.